The first-order valence-corrected chi connectivity index (χ1v) is 6.99. The number of fused-ring (bicyclic) bond motifs is 1. The molecule has 3 rings (SSSR count). The van der Waals surface area contributed by atoms with Crippen molar-refractivity contribution < 1.29 is 4.79 Å². The van der Waals surface area contributed by atoms with E-state index in [0.717, 1.165) is 5.56 Å². The van der Waals surface area contributed by atoms with E-state index in [4.69, 9.17) is 0 Å². The first-order chi connectivity index (χ1) is 10.7. The number of benzene rings is 2. The SMILES string of the molecule is O=C(Cn1ncc(=O)c2ccccc21)NCc1ccccc1. The minimum atomic E-state index is -0.148. The summed E-state index contributed by atoms with van der Waals surface area (Å²) in [5, 5.41) is 7.46. The van der Waals surface area contributed by atoms with Gasteiger partial charge >= 0.3 is 0 Å². The number of carbonyl (C=O) groups is 1. The van der Waals surface area contributed by atoms with Gasteiger partial charge in [-0.15, -0.1) is 0 Å². The third-order valence-electron chi connectivity index (χ3n) is 3.39. The Bertz CT molecular complexity index is 856. The molecule has 0 saturated carbocycles. The molecule has 0 bridgehead atoms. The number of hydrogen-bond acceptors (Lipinski definition) is 3. The van der Waals surface area contributed by atoms with Crippen LogP contribution in [0.15, 0.2) is 65.6 Å². The second-order valence-corrected chi connectivity index (χ2v) is 4.95. The molecular weight excluding hydrogens is 278 g/mol. The molecule has 22 heavy (non-hydrogen) atoms. The van der Waals surface area contributed by atoms with Crippen molar-refractivity contribution in [3.05, 3.63) is 76.6 Å². The van der Waals surface area contributed by atoms with Crippen molar-refractivity contribution in [1.82, 2.24) is 15.1 Å². The van der Waals surface area contributed by atoms with Gasteiger partial charge in [-0.1, -0.05) is 42.5 Å². The minimum Gasteiger partial charge on any atom is -0.350 e. The van der Waals surface area contributed by atoms with Crippen LogP contribution in [-0.4, -0.2) is 15.7 Å². The van der Waals surface area contributed by atoms with Crippen molar-refractivity contribution in [1.29, 1.82) is 0 Å². The summed E-state index contributed by atoms with van der Waals surface area (Å²) in [6.45, 7) is 0.547. The molecule has 0 aliphatic carbocycles. The number of aromatic nitrogens is 2. The Morgan fingerprint density at radius 1 is 1.05 bits per heavy atom. The molecule has 0 aliphatic heterocycles. The Hall–Kier alpha value is -2.95. The van der Waals surface area contributed by atoms with Crippen LogP contribution in [-0.2, 0) is 17.9 Å². The Morgan fingerprint density at radius 2 is 1.77 bits per heavy atom. The van der Waals surface area contributed by atoms with Gasteiger partial charge in [0, 0.05) is 11.9 Å². The Labute approximate surface area is 127 Å². The van der Waals surface area contributed by atoms with E-state index in [1.54, 1.807) is 18.2 Å². The summed E-state index contributed by atoms with van der Waals surface area (Å²) in [6, 6.07) is 16.8. The van der Waals surface area contributed by atoms with Crippen LogP contribution in [0.2, 0.25) is 0 Å². The lowest BCUT2D eigenvalue weighted by atomic mass is 10.2. The lowest BCUT2D eigenvalue weighted by molar-refractivity contribution is -0.121. The van der Waals surface area contributed by atoms with Crippen LogP contribution < -0.4 is 10.7 Å². The molecule has 0 radical (unpaired) electrons. The highest BCUT2D eigenvalue weighted by Gasteiger charge is 2.07. The van der Waals surface area contributed by atoms with Gasteiger partial charge in [-0.05, 0) is 17.7 Å². The van der Waals surface area contributed by atoms with E-state index in [1.165, 1.54) is 10.9 Å². The molecule has 5 nitrogen and oxygen atoms in total. The molecule has 0 unspecified atom stereocenters. The zero-order chi connectivity index (χ0) is 15.4. The average Bonchev–Trinajstić information content (AvgIpc) is 2.57. The van der Waals surface area contributed by atoms with Gasteiger partial charge in [0.05, 0.1) is 11.7 Å². The molecule has 0 fully saturated rings. The number of para-hydroxylation sites is 1. The molecule has 1 amide bonds. The minimum absolute atomic E-state index is 0.0770. The van der Waals surface area contributed by atoms with Gasteiger partial charge in [-0.2, -0.15) is 5.10 Å². The van der Waals surface area contributed by atoms with Crippen LogP contribution >= 0.6 is 0 Å². The maximum Gasteiger partial charge on any atom is 0.242 e. The number of rotatable bonds is 4. The van der Waals surface area contributed by atoms with Crippen molar-refractivity contribution in [2.75, 3.05) is 0 Å². The fourth-order valence-electron chi connectivity index (χ4n) is 2.28. The molecule has 110 valence electrons. The summed E-state index contributed by atoms with van der Waals surface area (Å²) < 4.78 is 1.54. The van der Waals surface area contributed by atoms with E-state index in [0.29, 0.717) is 17.4 Å². The van der Waals surface area contributed by atoms with E-state index in [2.05, 4.69) is 10.4 Å². The van der Waals surface area contributed by atoms with Crippen LogP contribution in [0.4, 0.5) is 0 Å². The zero-order valence-electron chi connectivity index (χ0n) is 11.9. The van der Waals surface area contributed by atoms with Crippen LogP contribution in [0.5, 0.6) is 0 Å². The van der Waals surface area contributed by atoms with E-state index in [-0.39, 0.29) is 17.9 Å². The fourth-order valence-corrected chi connectivity index (χ4v) is 2.28. The van der Waals surface area contributed by atoms with Crippen LogP contribution in [0, 0.1) is 0 Å². The summed E-state index contributed by atoms with van der Waals surface area (Å²) in [4.78, 5) is 23.8. The molecule has 1 N–H and O–H groups in total. The van der Waals surface area contributed by atoms with Crippen molar-refractivity contribution in [3.63, 3.8) is 0 Å². The third kappa shape index (κ3) is 3.03. The van der Waals surface area contributed by atoms with Crippen molar-refractivity contribution in [2.24, 2.45) is 0 Å². The highest BCUT2D eigenvalue weighted by Crippen LogP contribution is 2.07. The van der Waals surface area contributed by atoms with Crippen LogP contribution in [0.3, 0.4) is 0 Å². The first kappa shape index (κ1) is 14.0. The summed E-state index contributed by atoms with van der Waals surface area (Å²) in [7, 11) is 0. The monoisotopic (exact) mass is 293 g/mol. The van der Waals surface area contributed by atoms with E-state index in [1.807, 2.05) is 36.4 Å². The molecule has 5 heteroatoms. The van der Waals surface area contributed by atoms with Gasteiger partial charge in [0.25, 0.3) is 0 Å². The lowest BCUT2D eigenvalue weighted by Crippen LogP contribution is -2.28. The summed E-state index contributed by atoms with van der Waals surface area (Å²) in [6.07, 6.45) is 1.24. The highest BCUT2D eigenvalue weighted by molar-refractivity contribution is 5.81. The Balaban J connectivity index is 1.75. The van der Waals surface area contributed by atoms with Crippen molar-refractivity contribution in [3.8, 4) is 0 Å². The fraction of sp³-hybridized carbons (Fsp3) is 0.118. The van der Waals surface area contributed by atoms with Gasteiger partial charge in [-0.3, -0.25) is 14.3 Å². The number of hydrogen-bond donors (Lipinski definition) is 1. The van der Waals surface area contributed by atoms with E-state index < -0.39 is 0 Å². The van der Waals surface area contributed by atoms with Crippen molar-refractivity contribution in [2.45, 2.75) is 13.1 Å². The molecule has 0 spiro atoms. The summed E-state index contributed by atoms with van der Waals surface area (Å²) >= 11 is 0. The summed E-state index contributed by atoms with van der Waals surface area (Å²) in [5.41, 5.74) is 1.55. The quantitative estimate of drug-likeness (QED) is 0.796. The normalized spacial score (nSPS) is 10.5. The summed E-state index contributed by atoms with van der Waals surface area (Å²) in [5.74, 6) is -0.148. The lowest BCUT2D eigenvalue weighted by Gasteiger charge is -2.09. The van der Waals surface area contributed by atoms with Crippen LogP contribution in [0.1, 0.15) is 5.56 Å². The van der Waals surface area contributed by atoms with Gasteiger partial charge in [0.1, 0.15) is 6.54 Å². The standard InChI is InChI=1S/C17H15N3O2/c21-16-11-19-20(15-9-5-4-8-14(15)16)12-17(22)18-10-13-6-2-1-3-7-13/h1-9,11H,10,12H2,(H,18,22). The molecule has 1 heterocycles. The second-order valence-electron chi connectivity index (χ2n) is 4.95. The van der Waals surface area contributed by atoms with Crippen LogP contribution in [0.25, 0.3) is 10.9 Å². The van der Waals surface area contributed by atoms with E-state index in [9.17, 15) is 9.59 Å². The maximum absolute atomic E-state index is 12.1. The predicted octanol–water partition coefficient (Wildman–Crippen LogP) is 1.71. The zero-order valence-corrected chi connectivity index (χ0v) is 11.9. The smallest absolute Gasteiger partial charge is 0.242 e. The molecule has 0 saturated heterocycles. The Kier molecular flexibility index (Phi) is 3.96. The first-order valence-electron chi connectivity index (χ1n) is 6.99. The van der Waals surface area contributed by atoms with E-state index >= 15 is 0 Å². The molecule has 1 aromatic heterocycles. The Morgan fingerprint density at radius 3 is 2.59 bits per heavy atom. The number of nitrogens with zero attached hydrogens (tertiary/aromatic N) is 2. The number of amides is 1. The number of nitrogens with one attached hydrogen (secondary N) is 1. The molecular formula is C17H15N3O2. The molecule has 2 aromatic carbocycles. The van der Waals surface area contributed by atoms with Crippen molar-refractivity contribution >= 4 is 16.8 Å². The van der Waals surface area contributed by atoms with Gasteiger partial charge in [0.15, 0.2) is 0 Å². The number of carbonyl (C=O) groups excluding carboxylic acids is 1. The largest absolute Gasteiger partial charge is 0.350 e. The molecule has 0 aliphatic rings. The average molecular weight is 293 g/mol. The maximum atomic E-state index is 12.1. The van der Waals surface area contributed by atoms with Gasteiger partial charge in [0.2, 0.25) is 11.3 Å². The molecule has 3 aromatic rings. The second kappa shape index (κ2) is 6.22. The van der Waals surface area contributed by atoms with Gasteiger partial charge in [-0.25, -0.2) is 0 Å². The predicted molar refractivity (Wildman–Crippen MR) is 84.3 cm³/mol. The third-order valence-corrected chi connectivity index (χ3v) is 3.39. The topological polar surface area (TPSA) is 64.0 Å². The van der Waals surface area contributed by atoms with Gasteiger partial charge < -0.3 is 5.32 Å². The highest BCUT2D eigenvalue weighted by atomic mass is 16.2. The molecule has 0 atom stereocenters.